The standard InChI is InChI=1S/C17H25N3O2/c1-20(10-2-9-18)16-5-3-15(4-6-16)13-19-14-17(21)7-11-22-12-8-17/h3-6,19,21H,2,7-8,10-14H2,1H3. The first-order chi connectivity index (χ1) is 10.6. The van der Waals surface area contributed by atoms with Crippen LogP contribution in [0.1, 0.15) is 24.8 Å². The average molecular weight is 303 g/mol. The van der Waals surface area contributed by atoms with E-state index in [0.29, 0.717) is 39.0 Å². The molecule has 0 spiro atoms. The number of aliphatic hydroxyl groups is 1. The maximum absolute atomic E-state index is 10.4. The smallest absolute Gasteiger partial charge is 0.0815 e. The number of hydrogen-bond donors (Lipinski definition) is 2. The lowest BCUT2D eigenvalue weighted by Crippen LogP contribution is -2.44. The second kappa shape index (κ2) is 8.14. The van der Waals surface area contributed by atoms with Crippen molar-refractivity contribution in [3.05, 3.63) is 29.8 Å². The van der Waals surface area contributed by atoms with Crippen molar-refractivity contribution >= 4 is 5.69 Å². The summed E-state index contributed by atoms with van der Waals surface area (Å²) in [5, 5.41) is 22.3. The SMILES string of the molecule is CN(CCC#N)c1ccc(CNCC2(O)CCOCC2)cc1. The van der Waals surface area contributed by atoms with Crippen LogP contribution in [0.15, 0.2) is 24.3 Å². The van der Waals surface area contributed by atoms with E-state index in [1.54, 1.807) is 0 Å². The Morgan fingerprint density at radius 2 is 2.00 bits per heavy atom. The Kier molecular flexibility index (Phi) is 6.20. The minimum Gasteiger partial charge on any atom is -0.388 e. The first kappa shape index (κ1) is 16.8. The Labute approximate surface area is 132 Å². The van der Waals surface area contributed by atoms with Gasteiger partial charge in [-0.25, -0.2) is 0 Å². The number of nitriles is 1. The van der Waals surface area contributed by atoms with E-state index in [9.17, 15) is 5.11 Å². The third-order valence-corrected chi connectivity index (χ3v) is 4.14. The maximum Gasteiger partial charge on any atom is 0.0815 e. The number of rotatable bonds is 7. The van der Waals surface area contributed by atoms with Gasteiger partial charge >= 0.3 is 0 Å². The van der Waals surface area contributed by atoms with Crippen molar-refractivity contribution in [3.8, 4) is 6.07 Å². The van der Waals surface area contributed by atoms with Gasteiger partial charge in [0, 0.05) is 58.4 Å². The van der Waals surface area contributed by atoms with Crippen molar-refractivity contribution in [2.24, 2.45) is 0 Å². The van der Waals surface area contributed by atoms with Crippen molar-refractivity contribution in [1.29, 1.82) is 5.26 Å². The minimum absolute atomic E-state index is 0.530. The number of nitrogens with one attached hydrogen (secondary N) is 1. The predicted octanol–water partition coefficient (Wildman–Crippen LogP) is 1.67. The molecule has 1 saturated heterocycles. The first-order valence-electron chi connectivity index (χ1n) is 7.81. The molecule has 0 aromatic heterocycles. The van der Waals surface area contributed by atoms with Crippen molar-refractivity contribution in [2.75, 3.05) is 38.3 Å². The number of anilines is 1. The van der Waals surface area contributed by atoms with E-state index in [1.807, 2.05) is 7.05 Å². The zero-order chi connectivity index (χ0) is 15.8. The molecular weight excluding hydrogens is 278 g/mol. The van der Waals surface area contributed by atoms with Crippen LogP contribution in [0.2, 0.25) is 0 Å². The van der Waals surface area contributed by atoms with Crippen LogP contribution in [-0.4, -0.2) is 44.1 Å². The lowest BCUT2D eigenvalue weighted by molar-refractivity contribution is -0.0617. The molecule has 5 heteroatoms. The van der Waals surface area contributed by atoms with Crippen LogP contribution in [0.4, 0.5) is 5.69 Å². The van der Waals surface area contributed by atoms with E-state index in [1.165, 1.54) is 5.56 Å². The highest BCUT2D eigenvalue weighted by Crippen LogP contribution is 2.19. The molecule has 0 saturated carbocycles. The Balaban J connectivity index is 1.77. The second-order valence-corrected chi connectivity index (χ2v) is 5.94. The van der Waals surface area contributed by atoms with Crippen molar-refractivity contribution in [2.45, 2.75) is 31.4 Å². The van der Waals surface area contributed by atoms with Crippen LogP contribution in [0, 0.1) is 11.3 Å². The molecule has 2 N–H and O–H groups in total. The topological polar surface area (TPSA) is 68.5 Å². The van der Waals surface area contributed by atoms with Gasteiger partial charge in [-0.3, -0.25) is 0 Å². The molecule has 0 aliphatic carbocycles. The second-order valence-electron chi connectivity index (χ2n) is 5.94. The third-order valence-electron chi connectivity index (χ3n) is 4.14. The van der Waals surface area contributed by atoms with Crippen LogP contribution in [0.3, 0.4) is 0 Å². The Bertz CT molecular complexity index is 490. The van der Waals surface area contributed by atoms with Crippen LogP contribution >= 0.6 is 0 Å². The minimum atomic E-state index is -0.629. The number of benzene rings is 1. The predicted molar refractivity (Wildman–Crippen MR) is 86.7 cm³/mol. The maximum atomic E-state index is 10.4. The lowest BCUT2D eigenvalue weighted by Gasteiger charge is -2.32. The number of nitrogens with zero attached hydrogens (tertiary/aromatic N) is 2. The van der Waals surface area contributed by atoms with E-state index >= 15 is 0 Å². The molecule has 5 nitrogen and oxygen atoms in total. The molecule has 0 unspecified atom stereocenters. The molecule has 1 heterocycles. The average Bonchev–Trinajstić information content (AvgIpc) is 2.54. The Morgan fingerprint density at radius 1 is 1.32 bits per heavy atom. The van der Waals surface area contributed by atoms with Crippen LogP contribution < -0.4 is 10.2 Å². The molecule has 0 atom stereocenters. The van der Waals surface area contributed by atoms with Gasteiger partial charge in [-0.15, -0.1) is 0 Å². The van der Waals surface area contributed by atoms with Gasteiger partial charge in [-0.1, -0.05) is 12.1 Å². The molecular formula is C17H25N3O2. The van der Waals surface area contributed by atoms with Crippen molar-refractivity contribution < 1.29 is 9.84 Å². The van der Waals surface area contributed by atoms with Gasteiger partial charge in [0.15, 0.2) is 0 Å². The van der Waals surface area contributed by atoms with Gasteiger partial charge in [0.25, 0.3) is 0 Å². The fraction of sp³-hybridized carbons (Fsp3) is 0.588. The largest absolute Gasteiger partial charge is 0.388 e. The lowest BCUT2D eigenvalue weighted by atomic mass is 9.94. The van der Waals surface area contributed by atoms with E-state index < -0.39 is 5.60 Å². The molecule has 1 fully saturated rings. The first-order valence-corrected chi connectivity index (χ1v) is 7.81. The van der Waals surface area contributed by atoms with Gasteiger partial charge in [0.2, 0.25) is 0 Å². The molecule has 0 bridgehead atoms. The van der Waals surface area contributed by atoms with Gasteiger partial charge in [0.05, 0.1) is 18.1 Å². The monoisotopic (exact) mass is 303 g/mol. The van der Waals surface area contributed by atoms with Gasteiger partial charge in [0.1, 0.15) is 0 Å². The summed E-state index contributed by atoms with van der Waals surface area (Å²) >= 11 is 0. The Morgan fingerprint density at radius 3 is 2.64 bits per heavy atom. The summed E-state index contributed by atoms with van der Waals surface area (Å²) in [6, 6.07) is 10.5. The fourth-order valence-corrected chi connectivity index (χ4v) is 2.58. The summed E-state index contributed by atoms with van der Waals surface area (Å²) in [4.78, 5) is 2.07. The van der Waals surface area contributed by atoms with Gasteiger partial charge in [-0.2, -0.15) is 5.26 Å². The van der Waals surface area contributed by atoms with Crippen molar-refractivity contribution in [1.82, 2.24) is 5.32 Å². The summed E-state index contributed by atoms with van der Waals surface area (Å²) in [7, 11) is 1.99. The number of ether oxygens (including phenoxy) is 1. The molecule has 1 aromatic carbocycles. The summed E-state index contributed by atoms with van der Waals surface area (Å²) < 4.78 is 5.28. The molecule has 1 aromatic rings. The summed E-state index contributed by atoms with van der Waals surface area (Å²) in [5.74, 6) is 0. The molecule has 120 valence electrons. The van der Waals surface area contributed by atoms with E-state index in [2.05, 4.69) is 40.6 Å². The number of hydrogen-bond acceptors (Lipinski definition) is 5. The molecule has 2 rings (SSSR count). The molecule has 22 heavy (non-hydrogen) atoms. The van der Waals surface area contributed by atoms with Crippen LogP contribution in [0.5, 0.6) is 0 Å². The summed E-state index contributed by atoms with van der Waals surface area (Å²) in [6.45, 7) is 3.36. The highest BCUT2D eigenvalue weighted by Gasteiger charge is 2.28. The summed E-state index contributed by atoms with van der Waals surface area (Å²) in [6.07, 6.45) is 1.92. The summed E-state index contributed by atoms with van der Waals surface area (Å²) in [5.41, 5.74) is 1.67. The highest BCUT2D eigenvalue weighted by molar-refractivity contribution is 5.46. The molecule has 0 amide bonds. The molecule has 1 aliphatic heterocycles. The van der Waals surface area contributed by atoms with Gasteiger partial charge in [-0.05, 0) is 17.7 Å². The zero-order valence-electron chi connectivity index (χ0n) is 13.2. The van der Waals surface area contributed by atoms with E-state index in [0.717, 1.165) is 18.8 Å². The normalized spacial score (nSPS) is 17.0. The zero-order valence-corrected chi connectivity index (χ0v) is 13.2. The van der Waals surface area contributed by atoms with Crippen molar-refractivity contribution in [3.63, 3.8) is 0 Å². The quantitative estimate of drug-likeness (QED) is 0.802. The van der Waals surface area contributed by atoms with E-state index in [-0.39, 0.29) is 0 Å². The van der Waals surface area contributed by atoms with E-state index in [4.69, 9.17) is 10.00 Å². The third kappa shape index (κ3) is 4.99. The highest BCUT2D eigenvalue weighted by atomic mass is 16.5. The van der Waals surface area contributed by atoms with Crippen LogP contribution in [0.25, 0.3) is 0 Å². The molecule has 0 radical (unpaired) electrons. The van der Waals surface area contributed by atoms with Gasteiger partial charge < -0.3 is 20.1 Å². The molecule has 1 aliphatic rings. The Hall–Kier alpha value is -1.61. The fourth-order valence-electron chi connectivity index (χ4n) is 2.58. The van der Waals surface area contributed by atoms with Crippen LogP contribution in [-0.2, 0) is 11.3 Å².